The van der Waals surface area contributed by atoms with Gasteiger partial charge in [0.2, 0.25) is 0 Å². The normalized spacial score (nSPS) is 16.2. The predicted octanol–water partition coefficient (Wildman–Crippen LogP) is 0.965. The second-order valence-electron chi connectivity index (χ2n) is 5.70. The van der Waals surface area contributed by atoms with Crippen LogP contribution in [0.25, 0.3) is 0 Å². The monoisotopic (exact) mass is 343 g/mol. The number of urea groups is 1. The number of pyridine rings is 2. The average molecular weight is 343 g/mol. The zero-order chi connectivity index (χ0) is 17.5. The Morgan fingerprint density at radius 1 is 1.32 bits per heavy atom. The second kappa shape index (κ2) is 8.41. The Labute approximate surface area is 145 Å². The highest BCUT2D eigenvalue weighted by atomic mass is 16.5. The van der Waals surface area contributed by atoms with Crippen molar-refractivity contribution in [2.75, 3.05) is 38.2 Å². The maximum atomic E-state index is 12.1. The molecule has 25 heavy (non-hydrogen) atoms. The molecule has 1 atom stereocenters. The van der Waals surface area contributed by atoms with Crippen LogP contribution in [0.1, 0.15) is 11.6 Å². The van der Waals surface area contributed by atoms with Crippen molar-refractivity contribution in [2.45, 2.75) is 6.04 Å². The van der Waals surface area contributed by atoms with E-state index in [9.17, 15) is 9.59 Å². The summed E-state index contributed by atoms with van der Waals surface area (Å²) < 4.78 is 5.41. The van der Waals surface area contributed by atoms with E-state index in [2.05, 4.69) is 25.5 Å². The van der Waals surface area contributed by atoms with Crippen LogP contribution in [0.2, 0.25) is 0 Å². The summed E-state index contributed by atoms with van der Waals surface area (Å²) in [5.74, 6) is 0. The molecule has 3 heterocycles. The molecule has 0 bridgehead atoms. The molecular weight excluding hydrogens is 322 g/mol. The molecule has 1 aliphatic heterocycles. The zero-order valence-electron chi connectivity index (χ0n) is 13.8. The summed E-state index contributed by atoms with van der Waals surface area (Å²) in [6.07, 6.45) is 5.05. The first-order valence-corrected chi connectivity index (χ1v) is 8.18. The molecule has 0 spiro atoms. The number of amides is 2. The molecule has 2 aromatic rings. The van der Waals surface area contributed by atoms with Gasteiger partial charge in [-0.15, -0.1) is 0 Å². The Bertz CT molecular complexity index is 743. The quantitative estimate of drug-likeness (QED) is 0.751. The van der Waals surface area contributed by atoms with Crippen molar-refractivity contribution in [1.82, 2.24) is 20.2 Å². The van der Waals surface area contributed by atoms with Crippen molar-refractivity contribution in [2.24, 2.45) is 0 Å². The van der Waals surface area contributed by atoms with Crippen molar-refractivity contribution in [1.29, 1.82) is 0 Å². The highest BCUT2D eigenvalue weighted by Crippen LogP contribution is 2.20. The molecular formula is C17H21N5O3. The number of anilines is 1. The lowest BCUT2D eigenvalue weighted by Gasteiger charge is -2.34. The number of carbonyl (C=O) groups is 1. The third-order valence-electron chi connectivity index (χ3n) is 4.08. The van der Waals surface area contributed by atoms with Gasteiger partial charge in [-0.3, -0.25) is 14.7 Å². The molecule has 2 amide bonds. The molecule has 1 saturated heterocycles. The van der Waals surface area contributed by atoms with E-state index in [0.717, 1.165) is 18.7 Å². The van der Waals surface area contributed by atoms with E-state index in [1.54, 1.807) is 18.3 Å². The van der Waals surface area contributed by atoms with Gasteiger partial charge >= 0.3 is 6.03 Å². The van der Waals surface area contributed by atoms with Crippen molar-refractivity contribution in [3.05, 3.63) is 58.8 Å². The van der Waals surface area contributed by atoms with Crippen molar-refractivity contribution < 1.29 is 9.53 Å². The molecule has 1 fully saturated rings. The van der Waals surface area contributed by atoms with Crippen LogP contribution in [-0.4, -0.2) is 53.7 Å². The third-order valence-corrected chi connectivity index (χ3v) is 4.08. The fourth-order valence-corrected chi connectivity index (χ4v) is 2.80. The largest absolute Gasteiger partial charge is 0.379 e. The first kappa shape index (κ1) is 17.1. The van der Waals surface area contributed by atoms with Crippen LogP contribution in [-0.2, 0) is 4.74 Å². The van der Waals surface area contributed by atoms with Crippen LogP contribution in [0.3, 0.4) is 0 Å². The number of hydrogen-bond donors (Lipinski definition) is 3. The van der Waals surface area contributed by atoms with Gasteiger partial charge in [0.25, 0.3) is 5.56 Å². The molecule has 0 unspecified atom stereocenters. The standard InChI is InChI=1S/C17H21N5O3/c23-16-14(4-2-6-19-16)21-17(24)20-12-15(13-3-1-5-18-11-13)22-7-9-25-10-8-22/h1-6,11,15H,7-10,12H2,(H,19,23)(H2,20,21,24)/t15-/m1/s1. The summed E-state index contributed by atoms with van der Waals surface area (Å²) in [7, 11) is 0. The van der Waals surface area contributed by atoms with Gasteiger partial charge < -0.3 is 20.4 Å². The van der Waals surface area contributed by atoms with Crippen LogP contribution < -0.4 is 16.2 Å². The van der Waals surface area contributed by atoms with Gasteiger partial charge in [-0.2, -0.15) is 0 Å². The number of ether oxygens (including phenoxy) is 1. The van der Waals surface area contributed by atoms with Crippen molar-refractivity contribution in [3.63, 3.8) is 0 Å². The highest BCUT2D eigenvalue weighted by molar-refractivity contribution is 5.88. The number of H-pyrrole nitrogens is 1. The number of morpholine rings is 1. The Morgan fingerprint density at radius 3 is 2.88 bits per heavy atom. The minimum atomic E-state index is -0.418. The lowest BCUT2D eigenvalue weighted by atomic mass is 10.1. The lowest BCUT2D eigenvalue weighted by molar-refractivity contribution is 0.0167. The Morgan fingerprint density at radius 2 is 2.16 bits per heavy atom. The Hall–Kier alpha value is -2.71. The van der Waals surface area contributed by atoms with E-state index in [1.165, 1.54) is 6.20 Å². The van der Waals surface area contributed by atoms with Gasteiger partial charge in [-0.25, -0.2) is 4.79 Å². The summed E-state index contributed by atoms with van der Waals surface area (Å²) in [5.41, 5.74) is 0.904. The number of carbonyl (C=O) groups excluding carboxylic acids is 1. The minimum Gasteiger partial charge on any atom is -0.379 e. The molecule has 8 heteroatoms. The summed E-state index contributed by atoms with van der Waals surface area (Å²) in [6, 6.07) is 6.67. The maximum Gasteiger partial charge on any atom is 0.319 e. The summed E-state index contributed by atoms with van der Waals surface area (Å²) in [6.45, 7) is 3.33. The van der Waals surface area contributed by atoms with Gasteiger partial charge in [0.05, 0.1) is 19.3 Å². The Balaban J connectivity index is 1.65. The van der Waals surface area contributed by atoms with Gasteiger partial charge in [0.1, 0.15) is 5.69 Å². The number of nitrogens with one attached hydrogen (secondary N) is 3. The molecule has 2 aromatic heterocycles. The average Bonchev–Trinajstić information content (AvgIpc) is 2.66. The van der Waals surface area contributed by atoms with Crippen molar-refractivity contribution in [3.8, 4) is 0 Å². The summed E-state index contributed by atoms with van der Waals surface area (Å²) in [4.78, 5) is 32.7. The Kier molecular flexibility index (Phi) is 5.76. The molecule has 3 N–H and O–H groups in total. The third kappa shape index (κ3) is 4.65. The van der Waals surface area contributed by atoms with Crippen LogP contribution in [0.4, 0.5) is 10.5 Å². The predicted molar refractivity (Wildman–Crippen MR) is 93.5 cm³/mol. The number of aromatic amines is 1. The first-order valence-electron chi connectivity index (χ1n) is 8.18. The lowest BCUT2D eigenvalue weighted by Crippen LogP contribution is -2.44. The van der Waals surface area contributed by atoms with Crippen molar-refractivity contribution >= 4 is 11.7 Å². The van der Waals surface area contributed by atoms with Crippen LogP contribution in [0, 0.1) is 0 Å². The van der Waals surface area contributed by atoms with Gasteiger partial charge in [0.15, 0.2) is 0 Å². The smallest absolute Gasteiger partial charge is 0.319 e. The zero-order valence-corrected chi connectivity index (χ0v) is 13.8. The molecule has 3 rings (SSSR count). The number of hydrogen-bond acceptors (Lipinski definition) is 5. The molecule has 0 saturated carbocycles. The number of rotatable bonds is 5. The van der Waals surface area contributed by atoms with E-state index < -0.39 is 6.03 Å². The fraction of sp³-hybridized carbons (Fsp3) is 0.353. The second-order valence-corrected chi connectivity index (χ2v) is 5.70. The molecule has 1 aliphatic rings. The molecule has 0 aliphatic carbocycles. The summed E-state index contributed by atoms with van der Waals surface area (Å²) >= 11 is 0. The first-order chi connectivity index (χ1) is 12.2. The van der Waals surface area contributed by atoms with Crippen LogP contribution >= 0.6 is 0 Å². The molecule has 0 radical (unpaired) electrons. The van der Waals surface area contributed by atoms with E-state index >= 15 is 0 Å². The SMILES string of the molecule is O=C(NC[C@H](c1cccnc1)N1CCOCC1)Nc1ccc[nH]c1=O. The molecule has 8 nitrogen and oxygen atoms in total. The maximum absolute atomic E-state index is 12.1. The van der Waals surface area contributed by atoms with Gasteiger partial charge in [0, 0.05) is 38.2 Å². The van der Waals surface area contributed by atoms with E-state index in [0.29, 0.717) is 19.8 Å². The number of aromatic nitrogens is 2. The molecule has 132 valence electrons. The molecule has 0 aromatic carbocycles. The van der Waals surface area contributed by atoms with Crippen LogP contribution in [0.5, 0.6) is 0 Å². The highest BCUT2D eigenvalue weighted by Gasteiger charge is 2.23. The van der Waals surface area contributed by atoms with E-state index in [4.69, 9.17) is 4.74 Å². The van der Waals surface area contributed by atoms with Gasteiger partial charge in [-0.1, -0.05) is 6.07 Å². The minimum absolute atomic E-state index is 0.00240. The van der Waals surface area contributed by atoms with E-state index in [1.807, 2.05) is 18.3 Å². The summed E-state index contributed by atoms with van der Waals surface area (Å²) in [5, 5.41) is 5.41. The fourth-order valence-electron chi connectivity index (χ4n) is 2.80. The van der Waals surface area contributed by atoms with Gasteiger partial charge in [-0.05, 0) is 23.8 Å². The van der Waals surface area contributed by atoms with E-state index in [-0.39, 0.29) is 17.3 Å². The van der Waals surface area contributed by atoms with Crippen LogP contribution in [0.15, 0.2) is 47.7 Å². The number of nitrogens with zero attached hydrogens (tertiary/aromatic N) is 2. The topological polar surface area (TPSA) is 99.3 Å².